The molecule has 21 heavy (non-hydrogen) atoms. The fraction of sp³-hybridized carbons (Fsp3) is 0.556. The van der Waals surface area contributed by atoms with Crippen LogP contribution in [0.5, 0.6) is 5.75 Å². The number of likely N-dealkylation sites (tertiary alicyclic amines) is 1. The second-order valence-corrected chi connectivity index (χ2v) is 5.78. The van der Waals surface area contributed by atoms with Gasteiger partial charge in [0.1, 0.15) is 12.4 Å². The molecule has 1 aliphatic rings. The van der Waals surface area contributed by atoms with Crippen molar-refractivity contribution >= 4 is 0 Å². The molecule has 3 nitrogen and oxygen atoms in total. The summed E-state index contributed by atoms with van der Waals surface area (Å²) < 4.78 is 5.34. The Morgan fingerprint density at radius 1 is 1.29 bits per heavy atom. The molecule has 1 fully saturated rings. The van der Waals surface area contributed by atoms with E-state index < -0.39 is 0 Å². The molecule has 1 heterocycles. The van der Waals surface area contributed by atoms with Crippen LogP contribution >= 0.6 is 0 Å². The van der Waals surface area contributed by atoms with E-state index in [0.29, 0.717) is 12.1 Å². The number of aliphatic hydroxyl groups is 1. The average molecular weight is 287 g/mol. The standard InChI is InChI=1S/C18H25NO2/c1-14-6-4-7-15(2)19(14)13-17-12-18(21-3)10-9-16(17)8-5-11-20/h9-10,12,14-15,20H,4,6-7,11,13H2,1-3H3/t14-,15+. The molecule has 0 spiro atoms. The Balaban J connectivity index is 2.27. The Kier molecular flexibility index (Phi) is 5.67. The number of rotatable bonds is 3. The van der Waals surface area contributed by atoms with Gasteiger partial charge in [-0.25, -0.2) is 0 Å². The average Bonchev–Trinajstić information content (AvgIpc) is 2.49. The lowest BCUT2D eigenvalue weighted by Crippen LogP contribution is -2.43. The zero-order chi connectivity index (χ0) is 15.2. The fourth-order valence-electron chi connectivity index (χ4n) is 3.07. The van der Waals surface area contributed by atoms with E-state index in [9.17, 15) is 0 Å². The number of benzene rings is 1. The molecule has 2 atom stereocenters. The van der Waals surface area contributed by atoms with Gasteiger partial charge in [0, 0.05) is 24.2 Å². The summed E-state index contributed by atoms with van der Waals surface area (Å²) in [5.41, 5.74) is 2.16. The summed E-state index contributed by atoms with van der Waals surface area (Å²) in [5.74, 6) is 6.66. The van der Waals surface area contributed by atoms with Crippen LogP contribution in [0.15, 0.2) is 18.2 Å². The van der Waals surface area contributed by atoms with E-state index in [1.807, 2.05) is 12.1 Å². The maximum atomic E-state index is 8.92. The van der Waals surface area contributed by atoms with Gasteiger partial charge in [-0.1, -0.05) is 18.3 Å². The van der Waals surface area contributed by atoms with Crippen molar-refractivity contribution < 1.29 is 9.84 Å². The van der Waals surface area contributed by atoms with Gasteiger partial charge in [0.2, 0.25) is 0 Å². The number of methoxy groups -OCH3 is 1. The predicted octanol–water partition coefficient (Wildman–Crippen LogP) is 2.80. The Labute approximate surface area is 127 Å². The number of aliphatic hydroxyl groups excluding tert-OH is 1. The normalized spacial score (nSPS) is 22.5. The SMILES string of the molecule is COc1ccc(C#CCO)c(CN2[C@H](C)CCC[C@@H]2C)c1. The number of ether oxygens (including phenoxy) is 1. The summed E-state index contributed by atoms with van der Waals surface area (Å²) in [7, 11) is 1.68. The van der Waals surface area contributed by atoms with Crippen molar-refractivity contribution in [2.45, 2.75) is 51.7 Å². The molecule has 0 unspecified atom stereocenters. The molecule has 1 N–H and O–H groups in total. The highest BCUT2D eigenvalue weighted by Gasteiger charge is 2.25. The van der Waals surface area contributed by atoms with Crippen LogP contribution in [0.2, 0.25) is 0 Å². The monoisotopic (exact) mass is 287 g/mol. The first-order valence-corrected chi connectivity index (χ1v) is 7.68. The van der Waals surface area contributed by atoms with Crippen LogP contribution in [0.25, 0.3) is 0 Å². The highest BCUT2D eigenvalue weighted by atomic mass is 16.5. The summed E-state index contributed by atoms with van der Waals surface area (Å²) in [6.45, 7) is 5.38. The van der Waals surface area contributed by atoms with Gasteiger partial charge in [0.15, 0.2) is 0 Å². The van der Waals surface area contributed by atoms with Crippen molar-refractivity contribution in [3.8, 4) is 17.6 Å². The number of nitrogens with zero attached hydrogens (tertiary/aromatic N) is 1. The van der Waals surface area contributed by atoms with E-state index in [-0.39, 0.29) is 6.61 Å². The van der Waals surface area contributed by atoms with Crippen LogP contribution in [0.1, 0.15) is 44.2 Å². The highest BCUT2D eigenvalue weighted by Crippen LogP contribution is 2.27. The van der Waals surface area contributed by atoms with Crippen LogP contribution in [0.4, 0.5) is 0 Å². The highest BCUT2D eigenvalue weighted by molar-refractivity contribution is 5.45. The summed E-state index contributed by atoms with van der Waals surface area (Å²) in [6, 6.07) is 7.16. The maximum Gasteiger partial charge on any atom is 0.119 e. The summed E-state index contributed by atoms with van der Waals surface area (Å²) in [4.78, 5) is 2.54. The van der Waals surface area contributed by atoms with Gasteiger partial charge in [0.25, 0.3) is 0 Å². The van der Waals surface area contributed by atoms with E-state index in [1.165, 1.54) is 24.8 Å². The van der Waals surface area contributed by atoms with E-state index >= 15 is 0 Å². The van der Waals surface area contributed by atoms with Crippen molar-refractivity contribution in [1.82, 2.24) is 4.90 Å². The topological polar surface area (TPSA) is 32.7 Å². The van der Waals surface area contributed by atoms with Gasteiger partial charge in [-0.2, -0.15) is 0 Å². The first-order chi connectivity index (χ1) is 10.2. The molecule has 0 amide bonds. The Morgan fingerprint density at radius 3 is 2.62 bits per heavy atom. The molecule has 0 saturated carbocycles. The number of piperidine rings is 1. The van der Waals surface area contributed by atoms with E-state index in [4.69, 9.17) is 9.84 Å². The lowest BCUT2D eigenvalue weighted by molar-refractivity contribution is 0.0951. The zero-order valence-electron chi connectivity index (χ0n) is 13.2. The first kappa shape index (κ1) is 15.9. The summed E-state index contributed by atoms with van der Waals surface area (Å²) >= 11 is 0. The van der Waals surface area contributed by atoms with Gasteiger partial charge in [-0.3, -0.25) is 4.90 Å². The minimum absolute atomic E-state index is 0.109. The minimum atomic E-state index is -0.109. The lowest BCUT2D eigenvalue weighted by atomic mass is 9.96. The van der Waals surface area contributed by atoms with Crippen LogP contribution in [-0.4, -0.2) is 35.8 Å². The van der Waals surface area contributed by atoms with Crippen molar-refractivity contribution in [2.24, 2.45) is 0 Å². The molecule has 1 saturated heterocycles. The third kappa shape index (κ3) is 4.00. The van der Waals surface area contributed by atoms with Gasteiger partial charge in [-0.05, 0) is 50.5 Å². The Morgan fingerprint density at radius 2 is 2.00 bits per heavy atom. The third-order valence-electron chi connectivity index (χ3n) is 4.34. The molecule has 1 aliphatic heterocycles. The minimum Gasteiger partial charge on any atom is -0.497 e. The number of hydrogen-bond acceptors (Lipinski definition) is 3. The van der Waals surface area contributed by atoms with Crippen LogP contribution in [0, 0.1) is 11.8 Å². The molecule has 1 aromatic carbocycles. The zero-order valence-corrected chi connectivity index (χ0v) is 13.2. The maximum absolute atomic E-state index is 8.92. The molecule has 0 radical (unpaired) electrons. The predicted molar refractivity (Wildman–Crippen MR) is 85.3 cm³/mol. The van der Waals surface area contributed by atoms with Crippen molar-refractivity contribution in [2.75, 3.05) is 13.7 Å². The molecule has 0 aromatic heterocycles. The van der Waals surface area contributed by atoms with Crippen molar-refractivity contribution in [3.63, 3.8) is 0 Å². The quantitative estimate of drug-likeness (QED) is 0.868. The molecule has 0 aliphatic carbocycles. The van der Waals surface area contributed by atoms with E-state index in [0.717, 1.165) is 17.9 Å². The van der Waals surface area contributed by atoms with Crippen LogP contribution in [-0.2, 0) is 6.54 Å². The molecule has 0 bridgehead atoms. The second-order valence-electron chi connectivity index (χ2n) is 5.78. The molecule has 2 rings (SSSR count). The van der Waals surface area contributed by atoms with E-state index in [2.05, 4.69) is 36.7 Å². The Bertz CT molecular complexity index is 520. The molecule has 3 heteroatoms. The molecular weight excluding hydrogens is 262 g/mol. The largest absolute Gasteiger partial charge is 0.497 e. The van der Waals surface area contributed by atoms with Gasteiger partial charge in [0.05, 0.1) is 7.11 Å². The second kappa shape index (κ2) is 7.49. The Hall–Kier alpha value is -1.50. The van der Waals surface area contributed by atoms with E-state index in [1.54, 1.807) is 7.11 Å². The van der Waals surface area contributed by atoms with Crippen LogP contribution in [0.3, 0.4) is 0 Å². The molecule has 1 aromatic rings. The first-order valence-electron chi connectivity index (χ1n) is 7.68. The van der Waals surface area contributed by atoms with Crippen molar-refractivity contribution in [3.05, 3.63) is 29.3 Å². The third-order valence-corrected chi connectivity index (χ3v) is 4.34. The summed E-state index contributed by atoms with van der Waals surface area (Å²) in [6.07, 6.45) is 3.83. The van der Waals surface area contributed by atoms with Crippen molar-refractivity contribution in [1.29, 1.82) is 0 Å². The number of hydrogen-bond donors (Lipinski definition) is 1. The van der Waals surface area contributed by atoms with Gasteiger partial charge in [-0.15, -0.1) is 0 Å². The molecule has 114 valence electrons. The summed E-state index contributed by atoms with van der Waals surface area (Å²) in [5, 5.41) is 8.92. The molecular formula is C18H25NO2. The lowest BCUT2D eigenvalue weighted by Gasteiger charge is -2.39. The smallest absolute Gasteiger partial charge is 0.119 e. The van der Waals surface area contributed by atoms with Crippen LogP contribution < -0.4 is 4.74 Å². The van der Waals surface area contributed by atoms with Gasteiger partial charge < -0.3 is 9.84 Å². The fourth-order valence-corrected chi connectivity index (χ4v) is 3.07. The van der Waals surface area contributed by atoms with Gasteiger partial charge >= 0.3 is 0 Å².